The first-order chi connectivity index (χ1) is 36.6. The van der Waals surface area contributed by atoms with Gasteiger partial charge in [0.05, 0.1) is 34.4 Å². The van der Waals surface area contributed by atoms with E-state index in [1.165, 1.54) is 186 Å². The van der Waals surface area contributed by atoms with Crippen LogP contribution < -0.4 is 0 Å². The molecule has 436 valence electrons. The van der Waals surface area contributed by atoms with Gasteiger partial charge in [0.1, 0.15) is 13.2 Å². The third-order valence-corrected chi connectivity index (χ3v) is 13.8. The van der Waals surface area contributed by atoms with Gasteiger partial charge in [-0.3, -0.25) is 9.59 Å². The molecule has 0 bridgehead atoms. The summed E-state index contributed by atoms with van der Waals surface area (Å²) in [5.74, 6) is -1.99. The molecule has 0 aliphatic heterocycles. The molecule has 9 heteroatoms. The van der Waals surface area contributed by atoms with E-state index < -0.39 is 24.3 Å². The summed E-state index contributed by atoms with van der Waals surface area (Å²) in [6.07, 6.45) is 70.7. The first-order valence-electron chi connectivity index (χ1n) is 31.5. The topological polar surface area (TPSA) is 108 Å². The van der Waals surface area contributed by atoms with Crippen molar-refractivity contribution in [2.75, 3.05) is 47.5 Å². The standard InChI is InChI=1S/C66H119NO8/c1-6-8-10-12-14-16-17-18-19-20-21-22-23-24-25-26-27-28-29-30-31-32-33-34-35-36-37-38-39-40-41-42-43-44-45-46-47-49-51-53-55-57-64(69)75-62(61-74-66(65(70)71)72-59-58-67(3,4)5)60-73-63(68)56-54-52-50-48-15-13-11-9-7-2/h8,10,14,16,18-19,21-22,24-25,62,66H,6-7,9,11-13,15,17,20,23,26-61H2,1-5H3/p+1/b10-8-,16-14-,19-18-,22-21-,25-24-. The second kappa shape index (κ2) is 57.2. The minimum Gasteiger partial charge on any atom is -0.477 e. The van der Waals surface area contributed by atoms with Crippen LogP contribution in [0.25, 0.3) is 0 Å². The van der Waals surface area contributed by atoms with Crippen molar-refractivity contribution in [3.63, 3.8) is 0 Å². The van der Waals surface area contributed by atoms with Crippen LogP contribution in [-0.4, -0.2) is 87.4 Å². The summed E-state index contributed by atoms with van der Waals surface area (Å²) in [4.78, 5) is 37.2. The lowest BCUT2D eigenvalue weighted by atomic mass is 10.0. The van der Waals surface area contributed by atoms with Crippen LogP contribution in [0.2, 0.25) is 0 Å². The van der Waals surface area contributed by atoms with E-state index in [1.807, 2.05) is 21.1 Å². The van der Waals surface area contributed by atoms with Crippen molar-refractivity contribution in [1.82, 2.24) is 0 Å². The number of carbonyl (C=O) groups excluding carboxylic acids is 2. The zero-order valence-electron chi connectivity index (χ0n) is 49.7. The van der Waals surface area contributed by atoms with E-state index in [-0.39, 0.29) is 32.2 Å². The number of hydrogen-bond donors (Lipinski definition) is 1. The van der Waals surface area contributed by atoms with Crippen molar-refractivity contribution in [3.8, 4) is 0 Å². The number of esters is 2. The second-order valence-electron chi connectivity index (χ2n) is 22.3. The molecule has 0 aliphatic carbocycles. The number of quaternary nitrogens is 1. The van der Waals surface area contributed by atoms with Crippen molar-refractivity contribution in [2.45, 2.75) is 296 Å². The third-order valence-electron chi connectivity index (χ3n) is 13.8. The van der Waals surface area contributed by atoms with Gasteiger partial charge in [-0.05, 0) is 57.8 Å². The molecule has 0 aromatic rings. The maximum atomic E-state index is 12.8. The van der Waals surface area contributed by atoms with Gasteiger partial charge in [0, 0.05) is 12.8 Å². The molecule has 75 heavy (non-hydrogen) atoms. The van der Waals surface area contributed by atoms with E-state index in [9.17, 15) is 19.5 Å². The fourth-order valence-electron chi connectivity index (χ4n) is 8.98. The molecule has 0 saturated heterocycles. The minimum absolute atomic E-state index is 0.177. The normalized spacial score (nSPS) is 13.1. The number of aliphatic carboxylic acids is 1. The SMILES string of the molecule is CC/C=C\C/C=C\C/C=C\C/C=C\C/C=C\CCCCCCCCCCCCCCCCCCCCCCCCCCCC(=O)OC(COC(=O)CCCCCCCCCCC)COC(OCC[N+](C)(C)C)C(=O)O. The zero-order valence-corrected chi connectivity index (χ0v) is 49.7. The molecule has 2 unspecified atom stereocenters. The molecule has 9 nitrogen and oxygen atoms in total. The van der Waals surface area contributed by atoms with Crippen LogP contribution in [0.3, 0.4) is 0 Å². The number of carbonyl (C=O) groups is 3. The van der Waals surface area contributed by atoms with Gasteiger partial charge in [0.15, 0.2) is 6.10 Å². The van der Waals surface area contributed by atoms with Crippen LogP contribution in [0.4, 0.5) is 0 Å². The molecular formula is C66H120NO8+. The molecule has 0 rings (SSSR count). The largest absolute Gasteiger partial charge is 0.477 e. The number of carboxylic acid groups (broad SMARTS) is 1. The quantitative estimate of drug-likeness (QED) is 0.0211. The van der Waals surface area contributed by atoms with Crippen LogP contribution in [0.1, 0.15) is 284 Å². The predicted octanol–water partition coefficient (Wildman–Crippen LogP) is 18.8. The Bertz CT molecular complexity index is 1410. The van der Waals surface area contributed by atoms with E-state index in [1.54, 1.807) is 0 Å². The van der Waals surface area contributed by atoms with Crippen molar-refractivity contribution < 1.29 is 42.9 Å². The van der Waals surface area contributed by atoms with Crippen molar-refractivity contribution >= 4 is 17.9 Å². The van der Waals surface area contributed by atoms with Crippen molar-refractivity contribution in [3.05, 3.63) is 60.8 Å². The minimum atomic E-state index is -1.51. The highest BCUT2D eigenvalue weighted by Gasteiger charge is 2.25. The highest BCUT2D eigenvalue weighted by Crippen LogP contribution is 2.18. The Hall–Kier alpha value is -3.01. The summed E-state index contributed by atoms with van der Waals surface area (Å²) in [7, 11) is 5.97. The van der Waals surface area contributed by atoms with Gasteiger partial charge >= 0.3 is 17.9 Å². The van der Waals surface area contributed by atoms with Crippen LogP contribution >= 0.6 is 0 Å². The Kier molecular flexibility index (Phi) is 54.9. The summed E-state index contributed by atoms with van der Waals surface area (Å²) in [5, 5.41) is 9.67. The fourth-order valence-corrected chi connectivity index (χ4v) is 8.98. The molecule has 1 N–H and O–H groups in total. The number of rotatable bonds is 58. The number of nitrogens with zero attached hydrogens (tertiary/aromatic N) is 1. The monoisotopic (exact) mass is 1050 g/mol. The zero-order chi connectivity index (χ0) is 54.8. The predicted molar refractivity (Wildman–Crippen MR) is 318 cm³/mol. The number of allylic oxidation sites excluding steroid dienone is 10. The van der Waals surface area contributed by atoms with E-state index >= 15 is 0 Å². The maximum Gasteiger partial charge on any atom is 0.361 e. The lowest BCUT2D eigenvalue weighted by molar-refractivity contribution is -0.870. The molecule has 0 fully saturated rings. The molecule has 2 atom stereocenters. The lowest BCUT2D eigenvalue weighted by Gasteiger charge is -2.25. The highest BCUT2D eigenvalue weighted by atomic mass is 16.7. The molecule has 0 spiro atoms. The Labute approximate surface area is 463 Å². The molecule has 0 aromatic carbocycles. The molecule has 0 aliphatic rings. The Morgan fingerprint density at radius 2 is 0.760 bits per heavy atom. The summed E-state index contributed by atoms with van der Waals surface area (Å²) < 4.78 is 22.8. The number of hydrogen-bond acceptors (Lipinski definition) is 7. The molecule has 0 saturated carbocycles. The summed E-state index contributed by atoms with van der Waals surface area (Å²) in [6, 6.07) is 0. The maximum absolute atomic E-state index is 12.8. The average Bonchev–Trinajstić information content (AvgIpc) is 3.38. The number of carboxylic acids is 1. The molecule has 0 aromatic heterocycles. The van der Waals surface area contributed by atoms with E-state index in [0.29, 0.717) is 17.4 Å². The van der Waals surface area contributed by atoms with Crippen LogP contribution in [-0.2, 0) is 33.3 Å². The highest BCUT2D eigenvalue weighted by molar-refractivity contribution is 5.71. The van der Waals surface area contributed by atoms with Crippen LogP contribution in [0, 0.1) is 0 Å². The first kappa shape index (κ1) is 72.0. The van der Waals surface area contributed by atoms with Gasteiger partial charge in [-0.25, -0.2) is 4.79 Å². The fraction of sp³-hybridized carbons (Fsp3) is 0.803. The van der Waals surface area contributed by atoms with Crippen LogP contribution in [0.15, 0.2) is 60.8 Å². The van der Waals surface area contributed by atoms with E-state index in [2.05, 4.69) is 74.6 Å². The van der Waals surface area contributed by atoms with Crippen molar-refractivity contribution in [1.29, 1.82) is 0 Å². The summed E-state index contributed by atoms with van der Waals surface area (Å²) in [5.41, 5.74) is 0. The van der Waals surface area contributed by atoms with Gasteiger partial charge < -0.3 is 28.5 Å². The third kappa shape index (κ3) is 58.5. The smallest absolute Gasteiger partial charge is 0.361 e. The first-order valence-corrected chi connectivity index (χ1v) is 31.5. The van der Waals surface area contributed by atoms with E-state index in [0.717, 1.165) is 70.6 Å². The molecule has 0 radical (unpaired) electrons. The number of likely N-dealkylation sites (N-methyl/N-ethyl adjacent to an activating group) is 1. The lowest BCUT2D eigenvalue weighted by Crippen LogP contribution is -2.40. The molecule has 0 heterocycles. The summed E-state index contributed by atoms with van der Waals surface area (Å²) >= 11 is 0. The molecule has 0 amide bonds. The van der Waals surface area contributed by atoms with Gasteiger partial charge in [-0.1, -0.05) is 274 Å². The Morgan fingerprint density at radius 1 is 0.413 bits per heavy atom. The molecular weight excluding hydrogens is 935 g/mol. The van der Waals surface area contributed by atoms with Gasteiger partial charge in [-0.2, -0.15) is 0 Å². The van der Waals surface area contributed by atoms with Crippen molar-refractivity contribution in [2.24, 2.45) is 0 Å². The van der Waals surface area contributed by atoms with Gasteiger partial charge in [-0.15, -0.1) is 0 Å². The summed E-state index contributed by atoms with van der Waals surface area (Å²) in [6.45, 7) is 4.76. The van der Waals surface area contributed by atoms with Crippen LogP contribution in [0.5, 0.6) is 0 Å². The van der Waals surface area contributed by atoms with E-state index in [4.69, 9.17) is 18.9 Å². The number of unbranched alkanes of at least 4 members (excludes halogenated alkanes) is 33. The number of ether oxygens (including phenoxy) is 4. The second-order valence-corrected chi connectivity index (χ2v) is 22.3. The van der Waals surface area contributed by atoms with Gasteiger partial charge in [0.25, 0.3) is 6.29 Å². The Balaban J connectivity index is 3.85. The van der Waals surface area contributed by atoms with Gasteiger partial charge in [0.2, 0.25) is 0 Å². The Morgan fingerprint density at radius 3 is 1.13 bits per heavy atom. The average molecular weight is 1060 g/mol.